The maximum Gasteiger partial charge on any atom is 0.303 e. The van der Waals surface area contributed by atoms with Crippen molar-refractivity contribution in [2.45, 2.75) is 38.8 Å². The van der Waals surface area contributed by atoms with E-state index in [1.807, 2.05) is 30.3 Å². The highest BCUT2D eigenvalue weighted by Crippen LogP contribution is 2.30. The second-order valence-electron chi connectivity index (χ2n) is 6.75. The van der Waals surface area contributed by atoms with Gasteiger partial charge in [-0.05, 0) is 17.7 Å². The van der Waals surface area contributed by atoms with Crippen molar-refractivity contribution in [1.29, 1.82) is 0 Å². The Kier molecular flexibility index (Phi) is 6.46. The van der Waals surface area contributed by atoms with E-state index in [2.05, 4.69) is 0 Å². The third-order valence-corrected chi connectivity index (χ3v) is 4.45. The number of carbonyl (C=O) groups excluding carboxylic acids is 4. The number of rotatable bonds is 7. The zero-order valence-electron chi connectivity index (χ0n) is 16.5. The van der Waals surface area contributed by atoms with Crippen molar-refractivity contribution >= 4 is 24.1 Å². The van der Waals surface area contributed by atoms with E-state index in [1.54, 1.807) is 18.2 Å². The molecule has 3 rings (SSSR count). The Labute approximate surface area is 173 Å². The lowest BCUT2D eigenvalue weighted by atomic mass is 10.2. The van der Waals surface area contributed by atoms with Crippen LogP contribution in [0.5, 0.6) is 5.75 Å². The number of amides is 1. The molecule has 0 aliphatic carbocycles. The minimum atomic E-state index is -1.34. The lowest BCUT2D eigenvalue weighted by Crippen LogP contribution is -2.43. The van der Waals surface area contributed by atoms with Gasteiger partial charge < -0.3 is 14.2 Å². The van der Waals surface area contributed by atoms with Gasteiger partial charge in [0.15, 0.2) is 0 Å². The molecule has 1 aliphatic rings. The van der Waals surface area contributed by atoms with Crippen LogP contribution in [-0.4, -0.2) is 47.5 Å². The van der Waals surface area contributed by atoms with Crippen LogP contribution in [0, 0.1) is 0 Å². The van der Waals surface area contributed by atoms with E-state index < -0.39 is 36.3 Å². The van der Waals surface area contributed by atoms with E-state index in [9.17, 15) is 19.2 Å². The standard InChI is InChI=1S/C22H21NO7/c1-14(25)28-19-20(29-15(2)26)22(30-18-10-6-9-17(11-18)13-24)23(21(19)27)12-16-7-4-3-5-8-16/h3-11,13,19-20,22H,12H2,1-2H3/t19-,20+,22?/m0/s1. The second kappa shape index (κ2) is 9.21. The highest BCUT2D eigenvalue weighted by atomic mass is 16.6. The molecule has 30 heavy (non-hydrogen) atoms. The number of likely N-dealkylation sites (tertiary alicyclic amines) is 1. The Balaban J connectivity index is 1.98. The quantitative estimate of drug-likeness (QED) is 0.508. The maximum atomic E-state index is 13.1. The monoisotopic (exact) mass is 411 g/mol. The normalized spacial score (nSPS) is 20.5. The topological polar surface area (TPSA) is 99.2 Å². The van der Waals surface area contributed by atoms with E-state index in [0.29, 0.717) is 17.6 Å². The summed E-state index contributed by atoms with van der Waals surface area (Å²) in [7, 11) is 0. The van der Waals surface area contributed by atoms with Crippen molar-refractivity contribution in [2.75, 3.05) is 0 Å². The first-order valence-electron chi connectivity index (χ1n) is 9.30. The van der Waals surface area contributed by atoms with Gasteiger partial charge in [-0.1, -0.05) is 42.5 Å². The van der Waals surface area contributed by atoms with Gasteiger partial charge in [0, 0.05) is 26.0 Å². The average molecular weight is 411 g/mol. The highest BCUT2D eigenvalue weighted by molar-refractivity contribution is 5.87. The van der Waals surface area contributed by atoms with Crippen molar-refractivity contribution in [3.05, 3.63) is 65.7 Å². The first-order chi connectivity index (χ1) is 14.4. The zero-order valence-corrected chi connectivity index (χ0v) is 16.5. The first-order valence-corrected chi connectivity index (χ1v) is 9.30. The summed E-state index contributed by atoms with van der Waals surface area (Å²) in [6.45, 7) is 2.51. The molecule has 8 heteroatoms. The summed E-state index contributed by atoms with van der Waals surface area (Å²) >= 11 is 0. The first kappa shape index (κ1) is 21.0. The lowest BCUT2D eigenvalue weighted by molar-refractivity contribution is -0.169. The van der Waals surface area contributed by atoms with Crippen molar-refractivity contribution in [2.24, 2.45) is 0 Å². The number of hydrogen-bond donors (Lipinski definition) is 0. The Morgan fingerprint density at radius 1 is 1.00 bits per heavy atom. The molecule has 156 valence electrons. The molecule has 0 spiro atoms. The molecular formula is C22H21NO7. The molecule has 0 N–H and O–H groups in total. The Hall–Kier alpha value is -3.68. The van der Waals surface area contributed by atoms with Gasteiger partial charge in [0.25, 0.3) is 5.91 Å². The van der Waals surface area contributed by atoms with Crippen LogP contribution in [0.25, 0.3) is 0 Å². The predicted molar refractivity (Wildman–Crippen MR) is 104 cm³/mol. The number of hydrogen-bond acceptors (Lipinski definition) is 7. The van der Waals surface area contributed by atoms with Gasteiger partial charge in [-0.3, -0.25) is 24.1 Å². The van der Waals surface area contributed by atoms with Crippen molar-refractivity contribution in [1.82, 2.24) is 4.90 Å². The molecule has 1 amide bonds. The molecule has 0 radical (unpaired) electrons. The molecule has 1 unspecified atom stereocenters. The second-order valence-corrected chi connectivity index (χ2v) is 6.75. The van der Waals surface area contributed by atoms with Crippen LogP contribution in [-0.2, 0) is 30.4 Å². The van der Waals surface area contributed by atoms with Gasteiger partial charge >= 0.3 is 11.9 Å². The number of esters is 2. The van der Waals surface area contributed by atoms with Gasteiger partial charge in [-0.25, -0.2) is 0 Å². The Bertz CT molecular complexity index is 944. The summed E-state index contributed by atoms with van der Waals surface area (Å²) in [5.74, 6) is -1.58. The molecule has 0 saturated carbocycles. The van der Waals surface area contributed by atoms with Crippen LogP contribution in [0.1, 0.15) is 29.8 Å². The minimum Gasteiger partial charge on any atom is -0.466 e. The van der Waals surface area contributed by atoms with Crippen LogP contribution in [0.4, 0.5) is 0 Å². The fraction of sp³-hybridized carbons (Fsp3) is 0.273. The highest BCUT2D eigenvalue weighted by Gasteiger charge is 2.54. The zero-order chi connectivity index (χ0) is 21.7. The molecule has 1 aliphatic heterocycles. The predicted octanol–water partition coefficient (Wildman–Crippen LogP) is 2.11. The van der Waals surface area contributed by atoms with Gasteiger partial charge in [0.05, 0.1) is 0 Å². The Morgan fingerprint density at radius 3 is 2.33 bits per heavy atom. The summed E-state index contributed by atoms with van der Waals surface area (Å²) in [5.41, 5.74) is 1.19. The summed E-state index contributed by atoms with van der Waals surface area (Å²) in [6.07, 6.45) is -2.91. The molecule has 2 aromatic carbocycles. The molecule has 1 saturated heterocycles. The number of ether oxygens (including phenoxy) is 3. The smallest absolute Gasteiger partial charge is 0.303 e. The number of benzene rings is 2. The summed E-state index contributed by atoms with van der Waals surface area (Å²) in [6, 6.07) is 15.5. The fourth-order valence-electron chi connectivity index (χ4n) is 3.24. The van der Waals surface area contributed by atoms with E-state index in [1.165, 1.54) is 24.8 Å². The molecule has 3 atom stereocenters. The van der Waals surface area contributed by atoms with Crippen LogP contribution in [0.2, 0.25) is 0 Å². The third-order valence-electron chi connectivity index (χ3n) is 4.45. The van der Waals surface area contributed by atoms with E-state index in [4.69, 9.17) is 14.2 Å². The summed E-state index contributed by atoms with van der Waals surface area (Å²) in [4.78, 5) is 48.8. The number of carbonyl (C=O) groups is 4. The van der Waals surface area contributed by atoms with Crippen molar-refractivity contribution in [3.8, 4) is 5.75 Å². The SMILES string of the molecule is CC(=O)O[C@@H]1C(=O)N(Cc2ccccc2)C(Oc2cccc(C=O)c2)[C@@H]1OC(C)=O. The molecular weight excluding hydrogens is 390 g/mol. The van der Waals surface area contributed by atoms with Gasteiger partial charge in [-0.15, -0.1) is 0 Å². The van der Waals surface area contributed by atoms with E-state index in [0.717, 1.165) is 5.56 Å². The van der Waals surface area contributed by atoms with Crippen LogP contribution in [0.3, 0.4) is 0 Å². The lowest BCUT2D eigenvalue weighted by Gasteiger charge is -2.28. The third kappa shape index (κ3) is 4.83. The van der Waals surface area contributed by atoms with Gasteiger partial charge in [0.1, 0.15) is 12.0 Å². The fourth-order valence-corrected chi connectivity index (χ4v) is 3.24. The van der Waals surface area contributed by atoms with Gasteiger partial charge in [-0.2, -0.15) is 0 Å². The average Bonchev–Trinajstić information content (AvgIpc) is 2.93. The maximum absolute atomic E-state index is 13.1. The molecule has 8 nitrogen and oxygen atoms in total. The number of nitrogens with zero attached hydrogens (tertiary/aromatic N) is 1. The van der Waals surface area contributed by atoms with Crippen LogP contribution >= 0.6 is 0 Å². The minimum absolute atomic E-state index is 0.146. The van der Waals surface area contributed by atoms with Crippen LogP contribution < -0.4 is 4.74 Å². The molecule has 1 fully saturated rings. The van der Waals surface area contributed by atoms with Gasteiger partial charge in [0.2, 0.25) is 18.4 Å². The van der Waals surface area contributed by atoms with E-state index in [-0.39, 0.29) is 6.54 Å². The van der Waals surface area contributed by atoms with Crippen molar-refractivity contribution in [3.63, 3.8) is 0 Å². The van der Waals surface area contributed by atoms with Crippen molar-refractivity contribution < 1.29 is 33.4 Å². The summed E-state index contributed by atoms with van der Waals surface area (Å²) < 4.78 is 16.5. The Morgan fingerprint density at radius 2 is 1.70 bits per heavy atom. The number of aldehydes is 1. The molecule has 0 aromatic heterocycles. The summed E-state index contributed by atoms with van der Waals surface area (Å²) in [5, 5.41) is 0. The van der Waals surface area contributed by atoms with Crippen LogP contribution in [0.15, 0.2) is 54.6 Å². The molecule has 2 aromatic rings. The molecule has 1 heterocycles. The molecule has 0 bridgehead atoms. The largest absolute Gasteiger partial charge is 0.466 e. The van der Waals surface area contributed by atoms with E-state index >= 15 is 0 Å².